The highest BCUT2D eigenvalue weighted by Crippen LogP contribution is 2.30. The van der Waals surface area contributed by atoms with Gasteiger partial charge in [-0.05, 0) is 33.6 Å². The van der Waals surface area contributed by atoms with Gasteiger partial charge in [-0.3, -0.25) is 4.98 Å². The predicted molar refractivity (Wildman–Crippen MR) is 74.5 cm³/mol. The Morgan fingerprint density at radius 1 is 1.26 bits per heavy atom. The van der Waals surface area contributed by atoms with E-state index in [-0.39, 0.29) is 0 Å². The number of aliphatic hydroxyl groups excluding tert-OH is 1. The van der Waals surface area contributed by atoms with Crippen molar-refractivity contribution < 1.29 is 5.11 Å². The summed E-state index contributed by atoms with van der Waals surface area (Å²) in [6.45, 7) is 0. The van der Waals surface area contributed by atoms with Crippen molar-refractivity contribution in [2.75, 3.05) is 0 Å². The van der Waals surface area contributed by atoms with E-state index in [2.05, 4.69) is 31.2 Å². The summed E-state index contributed by atoms with van der Waals surface area (Å²) >= 11 is 3.31. The molecule has 2 aromatic heterocycles. The van der Waals surface area contributed by atoms with Crippen LogP contribution in [0.5, 0.6) is 0 Å². The van der Waals surface area contributed by atoms with Gasteiger partial charge in [0.1, 0.15) is 11.8 Å². The smallest absolute Gasteiger partial charge is 0.154 e. The van der Waals surface area contributed by atoms with Crippen molar-refractivity contribution in [2.24, 2.45) is 7.05 Å². The molecule has 0 spiro atoms. The fourth-order valence-corrected chi connectivity index (χ4v) is 2.68. The van der Waals surface area contributed by atoms with E-state index in [4.69, 9.17) is 0 Å². The fourth-order valence-electron chi connectivity index (χ4n) is 2.13. The third-order valence-corrected chi connectivity index (χ3v) is 3.63. The highest BCUT2D eigenvalue weighted by Gasteiger charge is 2.21. The monoisotopic (exact) mass is 318 g/mol. The maximum atomic E-state index is 10.6. The van der Waals surface area contributed by atoms with Gasteiger partial charge in [-0.2, -0.15) is 0 Å². The Bertz CT molecular complexity index is 716. The molecular weight excluding hydrogens is 308 g/mol. The number of nitrogens with zero attached hydrogens (tertiary/aromatic N) is 4. The second kappa shape index (κ2) is 4.71. The van der Waals surface area contributed by atoms with Crippen LogP contribution < -0.4 is 0 Å². The van der Waals surface area contributed by atoms with E-state index in [1.807, 2.05) is 30.3 Å². The second-order valence-corrected chi connectivity index (χ2v) is 4.96. The summed E-state index contributed by atoms with van der Waals surface area (Å²) in [6.07, 6.45) is 0.890. The number of aryl methyl sites for hydroxylation is 1. The number of benzene rings is 1. The molecule has 0 radical (unpaired) electrons. The van der Waals surface area contributed by atoms with E-state index in [0.717, 1.165) is 16.5 Å². The molecule has 5 nitrogen and oxygen atoms in total. The summed E-state index contributed by atoms with van der Waals surface area (Å²) in [5.41, 5.74) is 2.26. The minimum atomic E-state index is -0.803. The summed E-state index contributed by atoms with van der Waals surface area (Å²) in [5, 5.41) is 19.3. The summed E-state index contributed by atoms with van der Waals surface area (Å²) < 4.78 is 2.10. The van der Waals surface area contributed by atoms with Crippen LogP contribution in [0.25, 0.3) is 10.9 Å². The molecule has 3 aromatic rings. The lowest BCUT2D eigenvalue weighted by Crippen LogP contribution is -2.08. The lowest BCUT2D eigenvalue weighted by Gasteiger charge is -2.13. The van der Waals surface area contributed by atoms with Crippen LogP contribution in [0.1, 0.15) is 17.4 Å². The fraction of sp³-hybridized carbons (Fsp3) is 0.154. The first-order valence-corrected chi connectivity index (χ1v) is 6.54. The zero-order valence-electron chi connectivity index (χ0n) is 10.2. The minimum absolute atomic E-state index is 0.545. The molecule has 0 saturated carbocycles. The number of fused-ring (bicyclic) bond motifs is 1. The van der Waals surface area contributed by atoms with Crippen LogP contribution >= 0.6 is 15.9 Å². The Morgan fingerprint density at radius 3 is 2.79 bits per heavy atom. The number of hydrogen-bond donors (Lipinski definition) is 1. The van der Waals surface area contributed by atoms with Crippen LogP contribution in [0.3, 0.4) is 0 Å². The van der Waals surface area contributed by atoms with Crippen LogP contribution in [0.4, 0.5) is 0 Å². The zero-order chi connectivity index (χ0) is 13.4. The molecule has 19 heavy (non-hydrogen) atoms. The highest BCUT2D eigenvalue weighted by atomic mass is 79.9. The number of rotatable bonds is 2. The molecule has 3 rings (SSSR count). The normalized spacial score (nSPS) is 12.8. The van der Waals surface area contributed by atoms with Crippen molar-refractivity contribution in [3.8, 4) is 0 Å². The first-order chi connectivity index (χ1) is 9.18. The average molecular weight is 319 g/mol. The van der Waals surface area contributed by atoms with Crippen molar-refractivity contribution in [1.29, 1.82) is 0 Å². The van der Waals surface area contributed by atoms with Crippen LogP contribution in [0, 0.1) is 0 Å². The maximum absolute atomic E-state index is 10.6. The topological polar surface area (TPSA) is 63.8 Å². The molecular formula is C13H11BrN4O. The molecule has 0 saturated heterocycles. The molecule has 1 aromatic carbocycles. The average Bonchev–Trinajstić information content (AvgIpc) is 2.77. The number of halogens is 1. The van der Waals surface area contributed by atoms with Crippen LogP contribution in [-0.4, -0.2) is 25.1 Å². The number of pyridine rings is 1. The van der Waals surface area contributed by atoms with Crippen LogP contribution in [-0.2, 0) is 7.05 Å². The van der Waals surface area contributed by atoms with Gasteiger partial charge in [0.25, 0.3) is 0 Å². The van der Waals surface area contributed by atoms with Crippen molar-refractivity contribution in [1.82, 2.24) is 20.0 Å². The largest absolute Gasteiger partial charge is 0.382 e. The molecule has 1 atom stereocenters. The third kappa shape index (κ3) is 2.02. The molecule has 2 heterocycles. The van der Waals surface area contributed by atoms with E-state index >= 15 is 0 Å². The van der Waals surface area contributed by atoms with Crippen molar-refractivity contribution >= 4 is 26.8 Å². The summed E-state index contributed by atoms with van der Waals surface area (Å²) in [5.74, 6) is 0. The van der Waals surface area contributed by atoms with Gasteiger partial charge >= 0.3 is 0 Å². The number of aliphatic hydroxyl groups is 1. The molecule has 6 heteroatoms. The van der Waals surface area contributed by atoms with E-state index in [9.17, 15) is 5.11 Å². The predicted octanol–water partition coefficient (Wildman–Crippen LogP) is 2.21. The lowest BCUT2D eigenvalue weighted by atomic mass is 10.0. The van der Waals surface area contributed by atoms with Crippen LogP contribution in [0.2, 0.25) is 0 Å². The molecule has 0 bridgehead atoms. The summed E-state index contributed by atoms with van der Waals surface area (Å²) in [7, 11) is 1.75. The molecule has 1 unspecified atom stereocenters. The Labute approximate surface area is 118 Å². The van der Waals surface area contributed by atoms with Crippen molar-refractivity contribution in [2.45, 2.75) is 6.10 Å². The van der Waals surface area contributed by atoms with Crippen molar-refractivity contribution in [3.05, 3.63) is 52.4 Å². The molecule has 0 aliphatic carbocycles. The number of aromatic nitrogens is 4. The van der Waals surface area contributed by atoms with E-state index in [1.165, 1.54) is 0 Å². The number of para-hydroxylation sites is 1. The Kier molecular flexibility index (Phi) is 3.04. The van der Waals surface area contributed by atoms with E-state index in [0.29, 0.717) is 10.3 Å². The Balaban J connectivity index is 2.20. The first kappa shape index (κ1) is 12.3. The molecule has 0 aliphatic rings. The van der Waals surface area contributed by atoms with Gasteiger partial charge in [-0.1, -0.05) is 23.4 Å². The quantitative estimate of drug-likeness (QED) is 0.786. The van der Waals surface area contributed by atoms with Gasteiger partial charge in [0.2, 0.25) is 0 Å². The van der Waals surface area contributed by atoms with Gasteiger partial charge in [0.05, 0.1) is 5.52 Å². The van der Waals surface area contributed by atoms with Gasteiger partial charge < -0.3 is 5.11 Å². The van der Waals surface area contributed by atoms with Gasteiger partial charge in [-0.25, -0.2) is 4.68 Å². The third-order valence-electron chi connectivity index (χ3n) is 3.06. The summed E-state index contributed by atoms with van der Waals surface area (Å²) in [6, 6.07) is 9.52. The molecule has 0 fully saturated rings. The molecule has 1 N–H and O–H groups in total. The van der Waals surface area contributed by atoms with E-state index in [1.54, 1.807) is 17.9 Å². The standard InChI is InChI=1S/C13H11BrN4O/c1-18-11(13(14)16-17-18)12(19)9-6-7-15-10-5-3-2-4-8(9)10/h2-7,12,19H,1H3. The second-order valence-electron chi connectivity index (χ2n) is 4.21. The zero-order valence-corrected chi connectivity index (χ0v) is 11.7. The lowest BCUT2D eigenvalue weighted by molar-refractivity contribution is 0.210. The molecule has 96 valence electrons. The maximum Gasteiger partial charge on any atom is 0.154 e. The van der Waals surface area contributed by atoms with Gasteiger partial charge in [-0.15, -0.1) is 5.10 Å². The highest BCUT2D eigenvalue weighted by molar-refractivity contribution is 9.10. The van der Waals surface area contributed by atoms with Gasteiger partial charge in [0, 0.05) is 18.6 Å². The Morgan fingerprint density at radius 2 is 2.05 bits per heavy atom. The van der Waals surface area contributed by atoms with Gasteiger partial charge in [0.15, 0.2) is 4.60 Å². The minimum Gasteiger partial charge on any atom is -0.382 e. The van der Waals surface area contributed by atoms with Crippen molar-refractivity contribution in [3.63, 3.8) is 0 Å². The number of hydrogen-bond acceptors (Lipinski definition) is 4. The molecule has 0 aliphatic heterocycles. The SMILES string of the molecule is Cn1nnc(Br)c1C(O)c1ccnc2ccccc12. The summed E-state index contributed by atoms with van der Waals surface area (Å²) in [4.78, 5) is 4.29. The van der Waals surface area contributed by atoms with Crippen LogP contribution in [0.15, 0.2) is 41.1 Å². The Hall–Kier alpha value is -1.79. The first-order valence-electron chi connectivity index (χ1n) is 5.75. The van der Waals surface area contributed by atoms with E-state index < -0.39 is 6.10 Å². The molecule has 0 amide bonds.